The van der Waals surface area contributed by atoms with Crippen LogP contribution in [0.4, 0.5) is 0 Å². The molecule has 0 aliphatic heterocycles. The van der Waals surface area contributed by atoms with Crippen molar-refractivity contribution in [3.8, 4) is 0 Å². The van der Waals surface area contributed by atoms with Gasteiger partial charge >= 0.3 is 17.9 Å². The van der Waals surface area contributed by atoms with Crippen molar-refractivity contribution in [1.29, 1.82) is 0 Å². The number of hydrogen-bond donors (Lipinski definition) is 0. The molecule has 0 saturated carbocycles. The summed E-state index contributed by atoms with van der Waals surface area (Å²) in [5.41, 5.74) is 0. The Morgan fingerprint density at radius 2 is 0.481 bits per heavy atom. The van der Waals surface area contributed by atoms with Crippen LogP contribution in [0, 0.1) is 0 Å². The van der Waals surface area contributed by atoms with E-state index in [1.54, 1.807) is 0 Å². The summed E-state index contributed by atoms with van der Waals surface area (Å²) in [5, 5.41) is 0. The number of hydrogen-bond acceptors (Lipinski definition) is 6. The predicted molar refractivity (Wildman–Crippen MR) is 353 cm³/mol. The van der Waals surface area contributed by atoms with Gasteiger partial charge in [-0.15, -0.1) is 0 Å². The van der Waals surface area contributed by atoms with Gasteiger partial charge < -0.3 is 14.2 Å². The lowest BCUT2D eigenvalue weighted by Gasteiger charge is -2.18. The molecule has 0 radical (unpaired) electrons. The van der Waals surface area contributed by atoms with Gasteiger partial charge in [-0.3, -0.25) is 14.4 Å². The van der Waals surface area contributed by atoms with Gasteiger partial charge in [-0.05, 0) is 96.3 Å². The third-order valence-electron chi connectivity index (χ3n) is 15.4. The average molecular weight is 1130 g/mol. The lowest BCUT2D eigenvalue weighted by molar-refractivity contribution is -0.167. The minimum absolute atomic E-state index is 0.0734. The molecule has 0 aliphatic carbocycles. The van der Waals surface area contributed by atoms with Crippen LogP contribution in [0.15, 0.2) is 85.1 Å². The fourth-order valence-electron chi connectivity index (χ4n) is 10.2. The largest absolute Gasteiger partial charge is 0.462 e. The Labute approximate surface area is 503 Å². The van der Waals surface area contributed by atoms with Gasteiger partial charge in [-0.1, -0.05) is 324 Å². The molecule has 0 aromatic carbocycles. The standard InChI is InChI=1S/C75H132O6/c1-4-7-10-13-15-17-19-21-23-25-27-29-31-33-35-37-39-41-43-45-47-49-51-53-55-57-59-62-65-68-74(77)80-71-72(70-79-73(76)67-64-61-12-9-6-3)81-75(78)69-66-63-60-58-56-54-52-50-48-46-44-42-40-38-36-34-32-30-28-26-24-22-20-18-16-14-11-8-5-2/h7,10,15,17,20-23,26-29,33,35,72H,4-6,8-9,11-14,16,18-19,24-25,30-32,34,36-71H2,1-3H3/b10-7-,17-15-,22-20-,23-21-,28-26-,29-27-,35-33-. The van der Waals surface area contributed by atoms with Gasteiger partial charge in [0.05, 0.1) is 0 Å². The van der Waals surface area contributed by atoms with E-state index >= 15 is 0 Å². The fraction of sp³-hybridized carbons (Fsp3) is 0.773. The van der Waals surface area contributed by atoms with E-state index in [-0.39, 0.29) is 31.1 Å². The highest BCUT2D eigenvalue weighted by Gasteiger charge is 2.19. The molecule has 1 atom stereocenters. The normalized spacial score (nSPS) is 12.6. The highest BCUT2D eigenvalue weighted by Crippen LogP contribution is 2.18. The molecular formula is C75H132O6. The van der Waals surface area contributed by atoms with Gasteiger partial charge in [-0.25, -0.2) is 0 Å². The van der Waals surface area contributed by atoms with Crippen LogP contribution in [0.5, 0.6) is 0 Å². The molecule has 0 bridgehead atoms. The molecule has 6 heteroatoms. The number of ether oxygens (including phenoxy) is 3. The highest BCUT2D eigenvalue weighted by atomic mass is 16.6. The second kappa shape index (κ2) is 69.1. The van der Waals surface area contributed by atoms with Crippen LogP contribution >= 0.6 is 0 Å². The van der Waals surface area contributed by atoms with Crippen LogP contribution in [0.3, 0.4) is 0 Å². The van der Waals surface area contributed by atoms with Crippen molar-refractivity contribution in [1.82, 2.24) is 0 Å². The monoisotopic (exact) mass is 1130 g/mol. The smallest absolute Gasteiger partial charge is 0.306 e. The molecule has 0 amide bonds. The zero-order chi connectivity index (χ0) is 58.5. The van der Waals surface area contributed by atoms with Gasteiger partial charge in [-0.2, -0.15) is 0 Å². The number of esters is 3. The fourth-order valence-corrected chi connectivity index (χ4v) is 10.2. The summed E-state index contributed by atoms with van der Waals surface area (Å²) in [7, 11) is 0. The molecule has 0 rings (SSSR count). The van der Waals surface area contributed by atoms with E-state index in [4.69, 9.17) is 14.2 Å². The molecule has 0 fully saturated rings. The van der Waals surface area contributed by atoms with Crippen LogP contribution in [-0.2, 0) is 28.6 Å². The number of allylic oxidation sites excluding steroid dienone is 14. The van der Waals surface area contributed by atoms with E-state index in [0.717, 1.165) is 103 Å². The maximum atomic E-state index is 12.9. The molecule has 0 saturated heterocycles. The van der Waals surface area contributed by atoms with Crippen molar-refractivity contribution in [3.05, 3.63) is 85.1 Å². The first-order chi connectivity index (χ1) is 40.0. The van der Waals surface area contributed by atoms with Crippen molar-refractivity contribution in [2.24, 2.45) is 0 Å². The summed E-state index contributed by atoms with van der Waals surface area (Å²) in [6.07, 6.45) is 92.4. The summed E-state index contributed by atoms with van der Waals surface area (Å²) >= 11 is 0. The predicted octanol–water partition coefficient (Wildman–Crippen LogP) is 24.2. The molecule has 0 aliphatic rings. The third kappa shape index (κ3) is 67.3. The van der Waals surface area contributed by atoms with E-state index in [0.29, 0.717) is 19.3 Å². The molecular weight excluding hydrogens is 997 g/mol. The van der Waals surface area contributed by atoms with Crippen LogP contribution in [0.25, 0.3) is 0 Å². The zero-order valence-electron chi connectivity index (χ0n) is 53.8. The van der Waals surface area contributed by atoms with Crippen molar-refractivity contribution in [2.75, 3.05) is 13.2 Å². The van der Waals surface area contributed by atoms with Crippen LogP contribution in [0.1, 0.15) is 355 Å². The van der Waals surface area contributed by atoms with E-state index < -0.39 is 6.10 Å². The third-order valence-corrected chi connectivity index (χ3v) is 15.4. The molecule has 81 heavy (non-hydrogen) atoms. The minimum atomic E-state index is -0.772. The Morgan fingerprint density at radius 3 is 0.753 bits per heavy atom. The first kappa shape index (κ1) is 77.6. The van der Waals surface area contributed by atoms with E-state index in [1.807, 2.05) is 0 Å². The molecule has 6 nitrogen and oxygen atoms in total. The van der Waals surface area contributed by atoms with Crippen LogP contribution < -0.4 is 0 Å². The molecule has 0 N–H and O–H groups in total. The van der Waals surface area contributed by atoms with E-state index in [1.165, 1.54) is 212 Å². The average Bonchev–Trinajstić information content (AvgIpc) is 3.47. The van der Waals surface area contributed by atoms with Gasteiger partial charge in [0, 0.05) is 19.3 Å². The Morgan fingerprint density at radius 1 is 0.259 bits per heavy atom. The second-order valence-electron chi connectivity index (χ2n) is 23.4. The van der Waals surface area contributed by atoms with Gasteiger partial charge in [0.1, 0.15) is 13.2 Å². The topological polar surface area (TPSA) is 78.9 Å². The van der Waals surface area contributed by atoms with Gasteiger partial charge in [0.15, 0.2) is 6.10 Å². The Balaban J connectivity index is 3.97. The second-order valence-corrected chi connectivity index (χ2v) is 23.4. The van der Waals surface area contributed by atoms with Gasteiger partial charge in [0.2, 0.25) is 0 Å². The summed E-state index contributed by atoms with van der Waals surface area (Å²) < 4.78 is 16.8. The van der Waals surface area contributed by atoms with Crippen LogP contribution in [0.2, 0.25) is 0 Å². The van der Waals surface area contributed by atoms with Gasteiger partial charge in [0.25, 0.3) is 0 Å². The number of rotatable bonds is 64. The summed E-state index contributed by atoms with van der Waals surface area (Å²) in [4.78, 5) is 38.0. The molecule has 0 heterocycles. The number of unbranched alkanes of at least 4 members (excludes halogenated alkanes) is 39. The molecule has 468 valence electrons. The van der Waals surface area contributed by atoms with E-state index in [9.17, 15) is 14.4 Å². The molecule has 0 aromatic heterocycles. The van der Waals surface area contributed by atoms with Crippen molar-refractivity contribution < 1.29 is 28.6 Å². The minimum Gasteiger partial charge on any atom is -0.462 e. The Hall–Kier alpha value is -3.41. The maximum absolute atomic E-state index is 12.9. The van der Waals surface area contributed by atoms with Crippen molar-refractivity contribution >= 4 is 17.9 Å². The first-order valence-electron chi connectivity index (χ1n) is 35.1. The molecule has 0 spiro atoms. The molecule has 1 unspecified atom stereocenters. The SMILES string of the molecule is CC/C=C\C/C=C\C/C=C\C/C=C\C/C=C\CCCCCCCCCCCCCCCC(=O)OCC(COC(=O)CCCCCCC)OC(=O)CCCCCCCCCCCCCCCCCCC/C=C\C/C=C\CCCCCCC. The summed E-state index contributed by atoms with van der Waals surface area (Å²) in [6, 6.07) is 0. The van der Waals surface area contributed by atoms with Crippen LogP contribution in [-0.4, -0.2) is 37.2 Å². The lowest BCUT2D eigenvalue weighted by atomic mass is 10.0. The Bertz CT molecular complexity index is 1530. The van der Waals surface area contributed by atoms with E-state index in [2.05, 4.69) is 106 Å². The van der Waals surface area contributed by atoms with Crippen molar-refractivity contribution in [3.63, 3.8) is 0 Å². The highest BCUT2D eigenvalue weighted by molar-refractivity contribution is 5.71. The zero-order valence-corrected chi connectivity index (χ0v) is 53.8. The first-order valence-corrected chi connectivity index (χ1v) is 35.1. The maximum Gasteiger partial charge on any atom is 0.306 e. The Kier molecular flexibility index (Phi) is 66.2. The van der Waals surface area contributed by atoms with Crippen molar-refractivity contribution in [2.45, 2.75) is 361 Å². The number of carbonyl (C=O) groups is 3. The summed E-state index contributed by atoms with van der Waals surface area (Å²) in [5.74, 6) is -0.872. The quantitative estimate of drug-likeness (QED) is 0.0261. The molecule has 0 aromatic rings. The lowest BCUT2D eigenvalue weighted by Crippen LogP contribution is -2.30. The summed E-state index contributed by atoms with van der Waals surface area (Å²) in [6.45, 7) is 6.47. The number of carbonyl (C=O) groups excluding carboxylic acids is 3.